The second-order valence-corrected chi connectivity index (χ2v) is 4.89. The molecule has 0 aromatic heterocycles. The molecule has 4 heteroatoms. The van der Waals surface area contributed by atoms with Gasteiger partial charge in [0.25, 0.3) is 0 Å². The maximum Gasteiger partial charge on any atom is 0.0178 e. The van der Waals surface area contributed by atoms with E-state index in [0.717, 1.165) is 33.4 Å². The predicted molar refractivity (Wildman–Crippen MR) is 83.4 cm³/mol. The first-order valence-corrected chi connectivity index (χ1v) is 6.76. The Morgan fingerprint density at radius 3 is 0.900 bits per heavy atom. The van der Waals surface area contributed by atoms with Crippen LogP contribution >= 0.6 is 0 Å². The molecule has 0 saturated heterocycles. The van der Waals surface area contributed by atoms with Crippen LogP contribution in [0.2, 0.25) is 0 Å². The van der Waals surface area contributed by atoms with Crippen molar-refractivity contribution in [2.24, 2.45) is 22.9 Å². The highest BCUT2D eigenvalue weighted by Crippen LogP contribution is 2.25. The van der Waals surface area contributed by atoms with Crippen molar-refractivity contribution in [2.45, 2.75) is 26.2 Å². The molecule has 0 amide bonds. The number of hydrogen-bond acceptors (Lipinski definition) is 4. The zero-order valence-corrected chi connectivity index (χ0v) is 11.6. The van der Waals surface area contributed by atoms with Crippen LogP contribution < -0.4 is 22.9 Å². The van der Waals surface area contributed by atoms with Gasteiger partial charge in [-0.2, -0.15) is 0 Å². The molecule has 0 aliphatic rings. The fourth-order valence-electron chi connectivity index (χ4n) is 2.33. The molecule has 106 valence electrons. The topological polar surface area (TPSA) is 104 Å². The summed E-state index contributed by atoms with van der Waals surface area (Å²) in [6, 6.07) is 12.5. The lowest BCUT2D eigenvalue weighted by Gasteiger charge is -2.11. The summed E-state index contributed by atoms with van der Waals surface area (Å²) >= 11 is 0. The first kappa shape index (κ1) is 14.7. The van der Waals surface area contributed by atoms with Crippen molar-refractivity contribution in [2.75, 3.05) is 0 Å². The van der Waals surface area contributed by atoms with E-state index >= 15 is 0 Å². The summed E-state index contributed by atoms with van der Waals surface area (Å²) in [5.74, 6) is 0. The highest BCUT2D eigenvalue weighted by Gasteiger charge is 2.05. The van der Waals surface area contributed by atoms with Crippen LogP contribution in [-0.4, -0.2) is 0 Å². The molecule has 0 spiro atoms. The minimum absolute atomic E-state index is 0.501. The fraction of sp³-hybridized carbons (Fsp3) is 0.250. The minimum Gasteiger partial charge on any atom is -0.326 e. The van der Waals surface area contributed by atoms with Gasteiger partial charge in [0.05, 0.1) is 0 Å². The largest absolute Gasteiger partial charge is 0.326 e. The number of hydrogen-bond donors (Lipinski definition) is 4. The van der Waals surface area contributed by atoms with Gasteiger partial charge in [0.15, 0.2) is 0 Å². The van der Waals surface area contributed by atoms with Crippen molar-refractivity contribution in [3.05, 3.63) is 58.7 Å². The fourth-order valence-corrected chi connectivity index (χ4v) is 2.33. The molecular formula is C16H22N4. The highest BCUT2D eigenvalue weighted by atomic mass is 14.5. The normalized spacial score (nSPS) is 10.8. The summed E-state index contributed by atoms with van der Waals surface area (Å²) in [6.45, 7) is 2.00. The van der Waals surface area contributed by atoms with Crippen LogP contribution in [0, 0.1) is 0 Å². The Balaban J connectivity index is 2.54. The molecule has 4 nitrogen and oxygen atoms in total. The van der Waals surface area contributed by atoms with Crippen molar-refractivity contribution in [1.29, 1.82) is 0 Å². The van der Waals surface area contributed by atoms with Crippen LogP contribution in [0.4, 0.5) is 0 Å². The lowest BCUT2D eigenvalue weighted by Crippen LogP contribution is -2.04. The van der Waals surface area contributed by atoms with Gasteiger partial charge in [0.1, 0.15) is 0 Å². The molecule has 0 radical (unpaired) electrons. The maximum atomic E-state index is 5.75. The summed E-state index contributed by atoms with van der Waals surface area (Å²) in [5.41, 5.74) is 29.5. The van der Waals surface area contributed by atoms with Crippen molar-refractivity contribution in [3.63, 3.8) is 0 Å². The second kappa shape index (κ2) is 6.63. The molecule has 0 fully saturated rings. The molecule has 0 unspecified atom stereocenters. The van der Waals surface area contributed by atoms with E-state index in [0.29, 0.717) is 26.2 Å². The van der Waals surface area contributed by atoms with Crippen molar-refractivity contribution >= 4 is 0 Å². The Labute approximate surface area is 119 Å². The van der Waals surface area contributed by atoms with Crippen molar-refractivity contribution in [3.8, 4) is 11.1 Å². The average Bonchev–Trinajstić information content (AvgIpc) is 2.53. The van der Waals surface area contributed by atoms with Gasteiger partial charge in [-0.15, -0.1) is 0 Å². The minimum atomic E-state index is 0.501. The highest BCUT2D eigenvalue weighted by molar-refractivity contribution is 5.67. The molecule has 0 heterocycles. The van der Waals surface area contributed by atoms with Crippen molar-refractivity contribution < 1.29 is 0 Å². The molecular weight excluding hydrogens is 248 g/mol. The van der Waals surface area contributed by atoms with Crippen LogP contribution in [-0.2, 0) is 26.2 Å². The van der Waals surface area contributed by atoms with E-state index in [1.54, 1.807) is 0 Å². The first-order valence-electron chi connectivity index (χ1n) is 6.76. The zero-order valence-electron chi connectivity index (χ0n) is 11.6. The summed E-state index contributed by atoms with van der Waals surface area (Å²) in [7, 11) is 0. The summed E-state index contributed by atoms with van der Waals surface area (Å²) in [4.78, 5) is 0. The van der Waals surface area contributed by atoms with E-state index in [1.807, 2.05) is 12.1 Å². The average molecular weight is 270 g/mol. The monoisotopic (exact) mass is 270 g/mol. The van der Waals surface area contributed by atoms with Gasteiger partial charge in [-0.1, -0.05) is 12.1 Å². The molecule has 20 heavy (non-hydrogen) atoms. The van der Waals surface area contributed by atoms with Crippen molar-refractivity contribution in [1.82, 2.24) is 0 Å². The van der Waals surface area contributed by atoms with Gasteiger partial charge >= 0.3 is 0 Å². The molecule has 0 aliphatic carbocycles. The Morgan fingerprint density at radius 1 is 0.450 bits per heavy atom. The quantitative estimate of drug-likeness (QED) is 0.655. The standard InChI is InChI=1S/C16H22N4/c17-7-11-1-12(8-18)4-15(3-11)16-5-13(9-19)2-14(6-16)10-20/h1-6H,7-10,17-20H2. The summed E-state index contributed by atoms with van der Waals surface area (Å²) in [6.07, 6.45) is 0. The van der Waals surface area contributed by atoms with E-state index in [1.165, 1.54) is 0 Å². The molecule has 0 saturated carbocycles. The van der Waals surface area contributed by atoms with Gasteiger partial charge in [-0.25, -0.2) is 0 Å². The van der Waals surface area contributed by atoms with Crippen LogP contribution in [0.1, 0.15) is 22.3 Å². The third kappa shape index (κ3) is 3.23. The lowest BCUT2D eigenvalue weighted by atomic mass is 9.96. The Bertz CT molecular complexity index is 495. The third-order valence-corrected chi connectivity index (χ3v) is 3.38. The molecule has 2 rings (SSSR count). The Morgan fingerprint density at radius 2 is 0.700 bits per heavy atom. The smallest absolute Gasteiger partial charge is 0.0178 e. The first-order chi connectivity index (χ1) is 9.69. The van der Waals surface area contributed by atoms with E-state index in [4.69, 9.17) is 22.9 Å². The number of nitrogens with two attached hydrogens (primary N) is 4. The molecule has 0 aliphatic heterocycles. The van der Waals surface area contributed by atoms with Gasteiger partial charge in [-0.05, 0) is 57.6 Å². The molecule has 2 aromatic carbocycles. The number of benzene rings is 2. The van der Waals surface area contributed by atoms with Crippen LogP contribution in [0.15, 0.2) is 36.4 Å². The van der Waals surface area contributed by atoms with E-state index in [2.05, 4.69) is 24.3 Å². The second-order valence-electron chi connectivity index (χ2n) is 4.89. The van der Waals surface area contributed by atoms with E-state index < -0.39 is 0 Å². The van der Waals surface area contributed by atoms with Gasteiger partial charge < -0.3 is 22.9 Å². The maximum absolute atomic E-state index is 5.75. The predicted octanol–water partition coefficient (Wildman–Crippen LogP) is 1.19. The summed E-state index contributed by atoms with van der Waals surface area (Å²) in [5, 5.41) is 0. The zero-order chi connectivity index (χ0) is 14.5. The van der Waals surface area contributed by atoms with Gasteiger partial charge in [-0.3, -0.25) is 0 Å². The van der Waals surface area contributed by atoms with E-state index in [-0.39, 0.29) is 0 Å². The Hall–Kier alpha value is -1.72. The Kier molecular flexibility index (Phi) is 4.87. The molecule has 8 N–H and O–H groups in total. The van der Waals surface area contributed by atoms with Crippen LogP contribution in [0.5, 0.6) is 0 Å². The van der Waals surface area contributed by atoms with Crippen LogP contribution in [0.25, 0.3) is 11.1 Å². The van der Waals surface area contributed by atoms with Gasteiger partial charge in [0.2, 0.25) is 0 Å². The van der Waals surface area contributed by atoms with Gasteiger partial charge in [0, 0.05) is 26.2 Å². The van der Waals surface area contributed by atoms with E-state index in [9.17, 15) is 0 Å². The lowest BCUT2D eigenvalue weighted by molar-refractivity contribution is 1.02. The van der Waals surface area contributed by atoms with Crippen LogP contribution in [0.3, 0.4) is 0 Å². The third-order valence-electron chi connectivity index (χ3n) is 3.38. The molecule has 2 aromatic rings. The molecule has 0 atom stereocenters. The SMILES string of the molecule is NCc1cc(CN)cc(-c2cc(CN)cc(CN)c2)c1. The summed E-state index contributed by atoms with van der Waals surface area (Å²) < 4.78 is 0. The number of rotatable bonds is 5. The molecule has 0 bridgehead atoms.